The first kappa shape index (κ1) is 105. The number of aliphatic hydroxyl groups is 3. The predicted octanol–water partition coefficient (Wildman–Crippen LogP) is 18.2. The Morgan fingerprint density at radius 1 is 0.376 bits per heavy atom. The highest BCUT2D eigenvalue weighted by Crippen LogP contribution is 2.38. The summed E-state index contributed by atoms with van der Waals surface area (Å²) in [4.78, 5) is 96.5. The molecule has 744 valence electrons. The van der Waals surface area contributed by atoms with Crippen LogP contribution < -0.4 is 4.74 Å². The molecule has 1 saturated heterocycles. The minimum Gasteiger partial charge on any atom is -0.497 e. The van der Waals surface area contributed by atoms with Gasteiger partial charge in [0.2, 0.25) is 0 Å². The van der Waals surface area contributed by atoms with E-state index in [0.29, 0.717) is 160 Å². The minimum absolute atomic E-state index is 0. The largest absolute Gasteiger partial charge is 0.497 e. The van der Waals surface area contributed by atoms with E-state index in [-0.39, 0.29) is 78.9 Å². The molecule has 16 rings (SSSR count). The number of ether oxygens (including phenoxy) is 2. The fraction of sp³-hybridized carbons (Fsp3) is 0.395. The van der Waals surface area contributed by atoms with Crippen molar-refractivity contribution >= 4 is 46.4 Å². The van der Waals surface area contributed by atoms with Gasteiger partial charge >= 0.3 is 0 Å². The number of carbonyl (C=O) groups is 6. The van der Waals surface area contributed by atoms with Gasteiger partial charge in [0.05, 0.1) is 96.9 Å². The minimum atomic E-state index is -1.29. The van der Waals surface area contributed by atoms with Gasteiger partial charge in [-0.1, -0.05) is 225 Å². The second-order valence-corrected chi connectivity index (χ2v) is 38.6. The quantitative estimate of drug-likeness (QED) is 0.0329. The zero-order chi connectivity index (χ0) is 99.0. The number of rotatable bonds is 36. The fourth-order valence-corrected chi connectivity index (χ4v) is 20.0. The lowest BCUT2D eigenvalue weighted by molar-refractivity contribution is 0.0539. The van der Waals surface area contributed by atoms with Gasteiger partial charge in [-0.15, -0.1) is 0 Å². The van der Waals surface area contributed by atoms with Gasteiger partial charge in [0.25, 0.3) is 35.4 Å². The van der Waals surface area contributed by atoms with Gasteiger partial charge in [-0.3, -0.25) is 28.8 Å². The van der Waals surface area contributed by atoms with E-state index in [9.17, 15) is 48.3 Å². The Morgan fingerprint density at radius 3 is 1.00 bits per heavy atom. The van der Waals surface area contributed by atoms with Gasteiger partial charge in [-0.05, 0) is 231 Å². The molecule has 0 radical (unpaired) electrons. The van der Waals surface area contributed by atoms with Crippen LogP contribution in [-0.2, 0) is 54.6 Å². The van der Waals surface area contributed by atoms with Crippen molar-refractivity contribution in [2.24, 2.45) is 0 Å². The summed E-state index contributed by atoms with van der Waals surface area (Å²) in [5.74, 6) is -0.138. The topological polar surface area (TPSA) is 306 Å². The number of benzene rings is 9. The summed E-state index contributed by atoms with van der Waals surface area (Å²) in [5, 5.41) is 45.6. The summed E-state index contributed by atoms with van der Waals surface area (Å²) in [7, 11) is 0.343. The zero-order valence-electron chi connectivity index (χ0n) is 83.7. The van der Waals surface area contributed by atoms with Crippen LogP contribution in [0.15, 0.2) is 223 Å². The molecule has 0 spiro atoms. The number of morpholine rings is 1. The summed E-state index contributed by atoms with van der Waals surface area (Å²) in [6.07, 6.45) is 13.3. The van der Waals surface area contributed by atoms with Crippen molar-refractivity contribution in [1.29, 1.82) is 0 Å². The van der Waals surface area contributed by atoms with Crippen LogP contribution in [0.3, 0.4) is 0 Å². The molecule has 4 atom stereocenters. The number of methoxy groups -OCH3 is 1. The molecule has 6 amide bonds. The maximum absolute atomic E-state index is 14.7. The molecule has 27 heteroatoms. The van der Waals surface area contributed by atoms with Crippen LogP contribution in [-0.4, -0.2) is 234 Å². The Kier molecular flexibility index (Phi) is 37.8. The third-order valence-corrected chi connectivity index (χ3v) is 28.6. The van der Waals surface area contributed by atoms with E-state index in [0.717, 1.165) is 172 Å². The normalized spacial score (nSPS) is 15.1. The number of hydrogen-bond donors (Lipinski definition) is 3. The van der Waals surface area contributed by atoms with E-state index >= 15 is 0 Å². The van der Waals surface area contributed by atoms with Gasteiger partial charge in [0.15, 0.2) is 17.1 Å². The van der Waals surface area contributed by atoms with E-state index in [2.05, 4.69) is 78.8 Å². The van der Waals surface area contributed by atoms with Gasteiger partial charge in [0, 0.05) is 89.1 Å². The van der Waals surface area contributed by atoms with Crippen molar-refractivity contribution in [1.82, 2.24) is 63.0 Å². The van der Waals surface area contributed by atoms with Gasteiger partial charge in [-0.25, -0.2) is 22.6 Å². The highest BCUT2D eigenvalue weighted by molar-refractivity contribution is 7.82. The van der Waals surface area contributed by atoms with Crippen LogP contribution in [0, 0.1) is 27.7 Å². The second kappa shape index (κ2) is 50.5. The van der Waals surface area contributed by atoms with E-state index in [1.807, 2.05) is 222 Å². The molecular weight excluding hydrogens is 1790 g/mol. The van der Waals surface area contributed by atoms with E-state index in [4.69, 9.17) is 24.8 Å². The Balaban J connectivity index is 0.000000178. The molecule has 0 saturated carbocycles. The molecule has 4 aliphatic rings. The second-order valence-electron chi connectivity index (χ2n) is 37.1. The maximum Gasteiger partial charge on any atom is 0.274 e. The number of amides is 6. The standard InChI is InChI=1S/C40H49N5O5S.C37H44N4O4.C37H44N4O3.H2O/c1-4-6-18-42(19-7-5-2)40(48)37-24-29(3)45(41-37)38-17-14-32(30-12-15-35(16-13-30)51(49)43-20-22-50-23-21-43)26-36(38)39(47)44-27-33-11-9-8-10-31(33)25-34(44)28-46;1-5-7-18-39(19-8-6-2)37(44)34-20-26(3)41(38-34)35-17-16-29(28-14-11-15-32(22-28)45-4)23-33(35)36(43)40-24-30-13-10-9-12-27(30)21-31(40)25-42;1-5-7-18-39(19-8-6-2)37(44)34-21-27(4)41(38-34)35-17-16-30(28-15-11-12-26(3)20-28)23-33(35)36(43)40-24-31-14-10-9-13-29(31)22-32(40)25-42;/h8-17,24,26,34,46H,4-7,18-23,25,27-28H2,1-3H3;9-17,20,22-23,31,42H,5-8,18-19,21,24-25H2,1-4H3;9-17,20-21,23,32,42H,5-8,18-19,22,24-25H2,1-4H3;1H2/t34-,51?;31-;32-;/m000./s1. The number of carbonyl (C=O) groups excluding carboxylic acids is 6. The van der Waals surface area contributed by atoms with Crippen molar-refractivity contribution in [2.45, 2.75) is 208 Å². The molecule has 141 heavy (non-hydrogen) atoms. The highest BCUT2D eigenvalue weighted by Gasteiger charge is 2.38. The first-order valence-corrected chi connectivity index (χ1v) is 51.2. The molecule has 9 aromatic carbocycles. The maximum atomic E-state index is 14.7. The summed E-state index contributed by atoms with van der Waals surface area (Å²) in [5.41, 5.74) is 19.7. The lowest BCUT2D eigenvalue weighted by atomic mass is 9.93. The summed E-state index contributed by atoms with van der Waals surface area (Å²) in [6.45, 7) is 27.8. The van der Waals surface area contributed by atoms with Gasteiger partial charge in [-0.2, -0.15) is 15.3 Å². The van der Waals surface area contributed by atoms with Crippen molar-refractivity contribution in [3.8, 4) is 56.2 Å². The molecule has 7 heterocycles. The lowest BCUT2D eigenvalue weighted by Crippen LogP contribution is -2.46. The summed E-state index contributed by atoms with van der Waals surface area (Å²) in [6, 6.07) is 69.4. The molecule has 4 aliphatic heterocycles. The van der Waals surface area contributed by atoms with Crippen LogP contribution in [0.25, 0.3) is 50.4 Å². The Bertz CT molecular complexity index is 6290. The zero-order valence-corrected chi connectivity index (χ0v) is 84.5. The molecular formula is C114H139N13O13S. The Morgan fingerprint density at radius 2 is 0.681 bits per heavy atom. The lowest BCUT2D eigenvalue weighted by Gasteiger charge is -2.36. The SMILES string of the molecule is CCCCN(CCCC)C(=O)c1cc(C)n(-c2ccc(-c3ccc(S(=O)N4CCOCC4)cc3)cc2C(=O)N2Cc3ccccc3C[C@H]2CO)n1.CCCCN(CCCC)C(=O)c1cc(C)n(-c2ccc(-c3cccc(C)c3)cc2C(=O)N2Cc3ccccc3C[C@H]2CO)n1.CCCCN(CCCC)C(=O)c1cc(C)n(-c2ccc(-c3cccc(OC)c3)cc2C(=O)N2Cc3ccccc3C[C@H]2CO)n1.O. The number of fused-ring (bicyclic) bond motifs is 3. The van der Waals surface area contributed by atoms with Crippen molar-refractivity contribution in [3.63, 3.8) is 0 Å². The van der Waals surface area contributed by atoms with Gasteiger partial charge in [0.1, 0.15) is 16.7 Å². The molecule has 0 aliphatic carbocycles. The monoisotopic (exact) mass is 1930 g/mol. The number of aryl methyl sites for hydroxylation is 4. The summed E-state index contributed by atoms with van der Waals surface area (Å²) < 4.78 is 31.1. The molecule has 5 N–H and O–H groups in total. The Labute approximate surface area is 832 Å². The Hall–Kier alpha value is -12.9. The molecule has 12 aromatic rings. The first-order chi connectivity index (χ1) is 68.0. The van der Waals surface area contributed by atoms with Crippen molar-refractivity contribution in [2.75, 3.05) is 92.5 Å². The van der Waals surface area contributed by atoms with Crippen LogP contribution in [0.4, 0.5) is 0 Å². The number of aromatic nitrogens is 6. The molecule has 26 nitrogen and oxygen atoms in total. The molecule has 3 aromatic heterocycles. The third-order valence-electron chi connectivity index (χ3n) is 27.1. The number of aliphatic hydroxyl groups excluding tert-OH is 3. The van der Waals surface area contributed by atoms with Crippen LogP contribution in [0.5, 0.6) is 5.75 Å². The fourth-order valence-electron chi connectivity index (χ4n) is 18.9. The van der Waals surface area contributed by atoms with Crippen LogP contribution >= 0.6 is 0 Å². The number of unbranched alkanes of at least 4 members (excludes halogenated alkanes) is 6. The van der Waals surface area contributed by atoms with E-state index in [1.54, 1.807) is 41.9 Å². The number of nitrogens with zero attached hydrogens (tertiary/aromatic N) is 13. The average molecular weight is 1930 g/mol. The molecule has 0 bridgehead atoms. The van der Waals surface area contributed by atoms with Crippen molar-refractivity contribution < 1.29 is 63.2 Å². The highest BCUT2D eigenvalue weighted by atomic mass is 32.2. The van der Waals surface area contributed by atoms with Crippen LogP contribution in [0.2, 0.25) is 0 Å². The third kappa shape index (κ3) is 25.2. The summed E-state index contributed by atoms with van der Waals surface area (Å²) >= 11 is 0. The van der Waals surface area contributed by atoms with E-state index in [1.165, 1.54) is 0 Å². The first-order valence-electron chi connectivity index (χ1n) is 50.1. The number of hydrogen-bond acceptors (Lipinski definition) is 15. The smallest absolute Gasteiger partial charge is 0.274 e. The molecule has 1 unspecified atom stereocenters. The molecule has 1 fully saturated rings. The van der Waals surface area contributed by atoms with Crippen LogP contribution in [0.1, 0.15) is 237 Å². The predicted molar refractivity (Wildman–Crippen MR) is 555 cm³/mol. The van der Waals surface area contributed by atoms with E-state index < -0.39 is 11.0 Å². The van der Waals surface area contributed by atoms with Crippen molar-refractivity contribution in [3.05, 3.63) is 308 Å². The van der Waals surface area contributed by atoms with Gasteiger partial charge < -0.3 is 59.7 Å². The average Bonchev–Trinajstić information content (AvgIpc) is 1.75.